The van der Waals surface area contributed by atoms with Gasteiger partial charge >= 0.3 is 6.03 Å². The Kier molecular flexibility index (Phi) is 6.46. The highest BCUT2D eigenvalue weighted by molar-refractivity contribution is 7.99. The summed E-state index contributed by atoms with van der Waals surface area (Å²) in [5, 5.41) is 2.97. The van der Waals surface area contributed by atoms with Crippen LogP contribution in [-0.4, -0.2) is 35.8 Å². The van der Waals surface area contributed by atoms with E-state index in [2.05, 4.69) is 5.32 Å². The van der Waals surface area contributed by atoms with E-state index in [1.165, 1.54) is 0 Å². The van der Waals surface area contributed by atoms with Gasteiger partial charge < -0.3 is 20.9 Å². The summed E-state index contributed by atoms with van der Waals surface area (Å²) in [6.45, 7) is 1.38. The first-order valence-corrected chi connectivity index (χ1v) is 12.4. The van der Waals surface area contributed by atoms with Crippen molar-refractivity contribution in [3.8, 4) is 0 Å². The molecule has 3 aromatic carbocycles. The second-order valence-corrected chi connectivity index (χ2v) is 9.84. The molecule has 5 rings (SSSR count). The number of urea groups is 1. The van der Waals surface area contributed by atoms with Crippen molar-refractivity contribution in [3.05, 3.63) is 83.9 Å². The molecule has 2 aliphatic heterocycles. The van der Waals surface area contributed by atoms with Crippen molar-refractivity contribution in [2.45, 2.75) is 29.2 Å². The Morgan fingerprint density at radius 3 is 2.40 bits per heavy atom. The van der Waals surface area contributed by atoms with E-state index in [4.69, 9.17) is 5.73 Å². The predicted molar refractivity (Wildman–Crippen MR) is 136 cm³/mol. The number of nitrogens with zero attached hydrogens (tertiary/aromatic N) is 2. The Morgan fingerprint density at radius 2 is 1.66 bits per heavy atom. The van der Waals surface area contributed by atoms with Crippen LogP contribution in [0.25, 0.3) is 0 Å². The summed E-state index contributed by atoms with van der Waals surface area (Å²) in [5.41, 5.74) is 8.45. The summed E-state index contributed by atoms with van der Waals surface area (Å²) >= 11 is 1.55. The molecule has 0 saturated carbocycles. The van der Waals surface area contributed by atoms with Crippen LogP contribution in [0.3, 0.4) is 0 Å². The van der Waals surface area contributed by atoms with E-state index in [9.17, 15) is 14.4 Å². The number of hydrogen-bond donors (Lipinski definition) is 2. The molecule has 178 valence electrons. The minimum Gasteiger partial charge on any atom is -0.369 e. The number of hydrogen-bond acceptors (Lipinski definition) is 4. The molecule has 0 atom stereocenters. The molecule has 35 heavy (non-hydrogen) atoms. The average Bonchev–Trinajstić information content (AvgIpc) is 2.99. The van der Waals surface area contributed by atoms with Gasteiger partial charge in [-0.15, -0.1) is 0 Å². The second-order valence-electron chi connectivity index (χ2n) is 8.75. The molecule has 7 nitrogen and oxygen atoms in total. The van der Waals surface area contributed by atoms with E-state index in [1.807, 2.05) is 72.8 Å². The van der Waals surface area contributed by atoms with Crippen LogP contribution in [0.5, 0.6) is 0 Å². The number of primary amides is 1. The van der Waals surface area contributed by atoms with Crippen molar-refractivity contribution in [1.82, 2.24) is 4.90 Å². The lowest BCUT2D eigenvalue weighted by Crippen LogP contribution is -2.43. The molecule has 2 aliphatic rings. The minimum absolute atomic E-state index is 0.0762. The van der Waals surface area contributed by atoms with Gasteiger partial charge in [-0.2, -0.15) is 0 Å². The van der Waals surface area contributed by atoms with E-state index < -0.39 is 0 Å². The van der Waals surface area contributed by atoms with Gasteiger partial charge in [-0.05, 0) is 48.7 Å². The number of piperidine rings is 1. The van der Waals surface area contributed by atoms with Gasteiger partial charge in [-0.1, -0.05) is 54.2 Å². The van der Waals surface area contributed by atoms with Crippen molar-refractivity contribution < 1.29 is 14.4 Å². The molecular formula is C27H26N4O3S. The SMILES string of the molecule is NC(=O)C1CCN(C(=O)Nc2ccc3c(c2)N(Cc2ccccc2)C(=O)c2ccccc2S3)CC1. The number of carbonyl (C=O) groups excluding carboxylic acids is 3. The molecule has 1 fully saturated rings. The van der Waals surface area contributed by atoms with Crippen molar-refractivity contribution in [2.24, 2.45) is 11.7 Å². The Labute approximate surface area is 208 Å². The zero-order chi connectivity index (χ0) is 24.4. The standard InChI is InChI=1S/C27H26N4O3S/c28-25(32)19-12-14-30(15-13-19)27(34)29-20-10-11-24-22(16-20)31(17-18-6-2-1-3-7-18)26(33)21-8-4-5-9-23(21)35-24/h1-11,16,19H,12-15,17H2,(H2,28,32)(H,29,34). The van der Waals surface area contributed by atoms with Crippen molar-refractivity contribution in [1.29, 1.82) is 0 Å². The van der Waals surface area contributed by atoms with Crippen molar-refractivity contribution in [3.63, 3.8) is 0 Å². The smallest absolute Gasteiger partial charge is 0.321 e. The summed E-state index contributed by atoms with van der Waals surface area (Å²) in [6.07, 6.45) is 1.14. The first-order chi connectivity index (χ1) is 17.0. The molecule has 4 amide bonds. The van der Waals surface area contributed by atoms with Crippen molar-refractivity contribution in [2.75, 3.05) is 23.3 Å². The lowest BCUT2D eigenvalue weighted by Gasteiger charge is -2.30. The van der Waals surface area contributed by atoms with Crippen LogP contribution in [0.1, 0.15) is 28.8 Å². The number of anilines is 2. The zero-order valence-corrected chi connectivity index (χ0v) is 20.0. The van der Waals surface area contributed by atoms with E-state index >= 15 is 0 Å². The normalized spacial score (nSPS) is 15.7. The summed E-state index contributed by atoms with van der Waals surface area (Å²) < 4.78 is 0. The summed E-state index contributed by atoms with van der Waals surface area (Å²) in [6, 6.07) is 22.9. The van der Waals surface area contributed by atoms with Crippen LogP contribution < -0.4 is 16.0 Å². The first-order valence-electron chi connectivity index (χ1n) is 11.6. The van der Waals surface area contributed by atoms with Gasteiger partial charge in [0.1, 0.15) is 0 Å². The number of rotatable bonds is 4. The van der Waals surface area contributed by atoms with Gasteiger partial charge in [-0.25, -0.2) is 4.79 Å². The fourth-order valence-corrected chi connectivity index (χ4v) is 5.55. The third-order valence-corrected chi connectivity index (χ3v) is 7.59. The lowest BCUT2D eigenvalue weighted by molar-refractivity contribution is -0.122. The monoisotopic (exact) mass is 486 g/mol. The molecule has 2 heterocycles. The van der Waals surface area contributed by atoms with Crippen LogP contribution in [0, 0.1) is 5.92 Å². The zero-order valence-electron chi connectivity index (χ0n) is 19.1. The topological polar surface area (TPSA) is 95.7 Å². The van der Waals surface area contributed by atoms with E-state index in [1.54, 1.807) is 21.6 Å². The van der Waals surface area contributed by atoms with Gasteiger partial charge in [0, 0.05) is 34.5 Å². The number of benzene rings is 3. The van der Waals surface area contributed by atoms with Gasteiger partial charge in [0.15, 0.2) is 0 Å². The first kappa shape index (κ1) is 23.0. The van der Waals surface area contributed by atoms with Crippen LogP contribution in [0.2, 0.25) is 0 Å². The quantitative estimate of drug-likeness (QED) is 0.557. The lowest BCUT2D eigenvalue weighted by atomic mass is 9.96. The second kappa shape index (κ2) is 9.84. The van der Waals surface area contributed by atoms with Crippen LogP contribution >= 0.6 is 11.8 Å². The molecule has 0 aromatic heterocycles. The summed E-state index contributed by atoms with van der Waals surface area (Å²) in [5.74, 6) is -0.562. The average molecular weight is 487 g/mol. The number of fused-ring (bicyclic) bond motifs is 2. The Bertz CT molecular complexity index is 1270. The molecule has 0 aliphatic carbocycles. The van der Waals surface area contributed by atoms with Crippen molar-refractivity contribution >= 4 is 41.0 Å². The number of carbonyl (C=O) groups is 3. The Hall–Kier alpha value is -3.78. The van der Waals surface area contributed by atoms with Crippen LogP contribution in [0.4, 0.5) is 16.2 Å². The predicted octanol–water partition coefficient (Wildman–Crippen LogP) is 4.73. The number of amides is 4. The molecule has 0 bridgehead atoms. The van der Waals surface area contributed by atoms with Crippen LogP contribution in [-0.2, 0) is 11.3 Å². The fraction of sp³-hybridized carbons (Fsp3) is 0.222. The maximum atomic E-state index is 13.6. The number of nitrogens with one attached hydrogen (secondary N) is 1. The van der Waals surface area contributed by atoms with Gasteiger partial charge in [0.25, 0.3) is 5.91 Å². The van der Waals surface area contributed by atoms with Crippen LogP contribution in [0.15, 0.2) is 82.6 Å². The Balaban J connectivity index is 1.43. The molecule has 0 radical (unpaired) electrons. The van der Waals surface area contributed by atoms with E-state index in [0.29, 0.717) is 43.7 Å². The van der Waals surface area contributed by atoms with Gasteiger partial charge in [0.05, 0.1) is 17.8 Å². The largest absolute Gasteiger partial charge is 0.369 e. The molecule has 3 aromatic rings. The molecule has 1 saturated heterocycles. The molecular weight excluding hydrogens is 460 g/mol. The summed E-state index contributed by atoms with van der Waals surface area (Å²) in [4.78, 5) is 43.3. The van der Waals surface area contributed by atoms with E-state index in [-0.39, 0.29) is 23.8 Å². The minimum atomic E-state index is -0.308. The maximum Gasteiger partial charge on any atom is 0.321 e. The number of likely N-dealkylation sites (tertiary alicyclic amines) is 1. The molecule has 8 heteroatoms. The molecule has 0 spiro atoms. The maximum absolute atomic E-state index is 13.6. The molecule has 0 unspecified atom stereocenters. The summed E-state index contributed by atoms with van der Waals surface area (Å²) in [7, 11) is 0. The van der Waals surface area contributed by atoms with Gasteiger partial charge in [-0.3, -0.25) is 9.59 Å². The third-order valence-electron chi connectivity index (χ3n) is 6.45. The molecule has 3 N–H and O–H groups in total. The fourth-order valence-electron chi connectivity index (χ4n) is 4.49. The Morgan fingerprint density at radius 1 is 0.943 bits per heavy atom. The highest BCUT2D eigenvalue weighted by Gasteiger charge is 2.29. The van der Waals surface area contributed by atoms with E-state index in [0.717, 1.165) is 21.0 Å². The van der Waals surface area contributed by atoms with Gasteiger partial charge in [0.2, 0.25) is 5.91 Å². The highest BCUT2D eigenvalue weighted by atomic mass is 32.2. The highest BCUT2D eigenvalue weighted by Crippen LogP contribution is 2.43. The number of nitrogens with two attached hydrogens (primary N) is 1. The third kappa shape index (κ3) is 4.88.